The molecule has 0 spiro atoms. The first kappa shape index (κ1) is 10.3. The Hall–Kier alpha value is -0.760. The molecule has 1 saturated heterocycles. The molecule has 1 fully saturated rings. The smallest absolute Gasteiger partial charge is 0.0764 e. The van der Waals surface area contributed by atoms with E-state index in [4.69, 9.17) is 5.11 Å². The fraction of sp³-hybridized carbons (Fsp3) is 0.636. The van der Waals surface area contributed by atoms with E-state index >= 15 is 0 Å². The van der Waals surface area contributed by atoms with E-state index in [9.17, 15) is 0 Å². The van der Waals surface area contributed by atoms with E-state index in [0.717, 1.165) is 25.8 Å². The van der Waals surface area contributed by atoms with Gasteiger partial charge in [0.2, 0.25) is 0 Å². The van der Waals surface area contributed by atoms with Crippen LogP contribution in [0.5, 0.6) is 0 Å². The lowest BCUT2D eigenvalue weighted by Crippen LogP contribution is -2.39. The fourth-order valence-electron chi connectivity index (χ4n) is 1.94. The van der Waals surface area contributed by atoms with E-state index in [0.29, 0.717) is 6.04 Å². The summed E-state index contributed by atoms with van der Waals surface area (Å²) in [6.07, 6.45) is 9.89. The second-order valence-corrected chi connectivity index (χ2v) is 3.55. The highest BCUT2D eigenvalue weighted by atomic mass is 16.2. The van der Waals surface area contributed by atoms with Gasteiger partial charge >= 0.3 is 0 Å². The molecule has 1 aliphatic heterocycles. The minimum Gasteiger partial charge on any atom is -0.516 e. The quantitative estimate of drug-likeness (QED) is 0.532. The molecule has 1 aliphatic rings. The van der Waals surface area contributed by atoms with Gasteiger partial charge in [-0.2, -0.15) is 0 Å². The minimum atomic E-state index is 0.641. The van der Waals surface area contributed by atoms with E-state index in [1.807, 2.05) is 6.08 Å². The van der Waals surface area contributed by atoms with Crippen molar-refractivity contribution in [1.29, 1.82) is 0 Å². The van der Waals surface area contributed by atoms with Gasteiger partial charge in [0.1, 0.15) is 0 Å². The van der Waals surface area contributed by atoms with Crippen LogP contribution in [-0.4, -0.2) is 29.1 Å². The number of piperidine rings is 1. The summed E-state index contributed by atoms with van der Waals surface area (Å²) in [5, 5.41) is 8.59. The second kappa shape index (κ2) is 5.81. The fourth-order valence-corrected chi connectivity index (χ4v) is 1.94. The van der Waals surface area contributed by atoms with E-state index in [1.165, 1.54) is 19.3 Å². The highest BCUT2D eigenvalue weighted by molar-refractivity contribution is 4.87. The molecule has 0 aromatic carbocycles. The standard InChI is InChI=1S/C11H19NO/c1-2-6-11-7-3-4-8-12(11)9-5-10-13/h2,5,10-11,13H,1,3-4,6-9H2. The molecule has 0 aliphatic carbocycles. The van der Waals surface area contributed by atoms with Gasteiger partial charge in [0.25, 0.3) is 0 Å². The number of likely N-dealkylation sites (tertiary alicyclic amines) is 1. The van der Waals surface area contributed by atoms with Crippen LogP contribution in [0.25, 0.3) is 0 Å². The predicted molar refractivity (Wildman–Crippen MR) is 55.8 cm³/mol. The first-order valence-electron chi connectivity index (χ1n) is 5.02. The van der Waals surface area contributed by atoms with Gasteiger partial charge in [0, 0.05) is 12.6 Å². The lowest BCUT2D eigenvalue weighted by Gasteiger charge is -2.34. The maximum atomic E-state index is 8.59. The van der Waals surface area contributed by atoms with Gasteiger partial charge in [-0.25, -0.2) is 0 Å². The third-order valence-corrected chi connectivity index (χ3v) is 2.63. The molecule has 0 aromatic heterocycles. The summed E-state index contributed by atoms with van der Waals surface area (Å²) in [6, 6.07) is 0.641. The summed E-state index contributed by atoms with van der Waals surface area (Å²) in [5.74, 6) is 0. The number of aliphatic hydroxyl groups is 1. The van der Waals surface area contributed by atoms with Crippen LogP contribution in [0.15, 0.2) is 25.0 Å². The van der Waals surface area contributed by atoms with Crippen molar-refractivity contribution < 1.29 is 5.11 Å². The SMILES string of the molecule is C=CCC1CCCCN1CC=CO. The van der Waals surface area contributed by atoms with E-state index in [-0.39, 0.29) is 0 Å². The van der Waals surface area contributed by atoms with E-state index < -0.39 is 0 Å². The molecule has 1 atom stereocenters. The summed E-state index contributed by atoms with van der Waals surface area (Å²) >= 11 is 0. The van der Waals surface area contributed by atoms with E-state index in [1.54, 1.807) is 6.08 Å². The van der Waals surface area contributed by atoms with Gasteiger partial charge in [0.15, 0.2) is 0 Å². The molecule has 2 nitrogen and oxygen atoms in total. The van der Waals surface area contributed by atoms with Crippen molar-refractivity contribution >= 4 is 0 Å². The monoisotopic (exact) mass is 181 g/mol. The molecular formula is C11H19NO. The van der Waals surface area contributed by atoms with Gasteiger partial charge in [-0.15, -0.1) is 6.58 Å². The molecule has 13 heavy (non-hydrogen) atoms. The Morgan fingerprint density at radius 1 is 1.46 bits per heavy atom. The van der Waals surface area contributed by atoms with Crippen LogP contribution in [0.2, 0.25) is 0 Å². The first-order valence-corrected chi connectivity index (χ1v) is 5.02. The van der Waals surface area contributed by atoms with Crippen LogP contribution < -0.4 is 0 Å². The van der Waals surface area contributed by atoms with Crippen molar-refractivity contribution in [3.8, 4) is 0 Å². The van der Waals surface area contributed by atoms with Crippen molar-refractivity contribution in [3.05, 3.63) is 25.0 Å². The molecule has 0 aromatic rings. The summed E-state index contributed by atoms with van der Waals surface area (Å²) in [7, 11) is 0. The molecule has 1 heterocycles. The topological polar surface area (TPSA) is 23.5 Å². The third-order valence-electron chi connectivity index (χ3n) is 2.63. The average molecular weight is 181 g/mol. The van der Waals surface area contributed by atoms with Crippen molar-refractivity contribution in [2.45, 2.75) is 31.7 Å². The molecule has 1 rings (SSSR count). The lowest BCUT2D eigenvalue weighted by atomic mass is 9.99. The first-order chi connectivity index (χ1) is 6.38. The van der Waals surface area contributed by atoms with Gasteiger partial charge in [-0.1, -0.05) is 12.5 Å². The molecule has 0 radical (unpaired) electrons. The largest absolute Gasteiger partial charge is 0.516 e. The Morgan fingerprint density at radius 2 is 2.31 bits per heavy atom. The van der Waals surface area contributed by atoms with Gasteiger partial charge < -0.3 is 5.11 Å². The summed E-state index contributed by atoms with van der Waals surface area (Å²) in [5.41, 5.74) is 0. The normalized spacial score (nSPS) is 25.1. The molecule has 1 N–H and O–H groups in total. The van der Waals surface area contributed by atoms with Crippen LogP contribution in [-0.2, 0) is 0 Å². The highest BCUT2D eigenvalue weighted by Gasteiger charge is 2.19. The number of nitrogens with zero attached hydrogens (tertiary/aromatic N) is 1. The lowest BCUT2D eigenvalue weighted by molar-refractivity contribution is 0.165. The predicted octanol–water partition coefficient (Wildman–Crippen LogP) is 2.49. The zero-order valence-electron chi connectivity index (χ0n) is 8.15. The van der Waals surface area contributed by atoms with Crippen LogP contribution in [0.1, 0.15) is 25.7 Å². The van der Waals surface area contributed by atoms with Crippen molar-refractivity contribution in [3.63, 3.8) is 0 Å². The van der Waals surface area contributed by atoms with Crippen LogP contribution in [0.3, 0.4) is 0 Å². The second-order valence-electron chi connectivity index (χ2n) is 3.55. The molecule has 1 unspecified atom stereocenters. The molecule has 0 bridgehead atoms. The molecule has 0 saturated carbocycles. The summed E-state index contributed by atoms with van der Waals surface area (Å²) in [4.78, 5) is 2.41. The minimum absolute atomic E-state index is 0.641. The Kier molecular flexibility index (Phi) is 4.61. The molecule has 0 amide bonds. The number of hydrogen-bond acceptors (Lipinski definition) is 2. The Bertz CT molecular complexity index is 177. The van der Waals surface area contributed by atoms with Crippen LogP contribution >= 0.6 is 0 Å². The van der Waals surface area contributed by atoms with Gasteiger partial charge in [0.05, 0.1) is 6.26 Å². The van der Waals surface area contributed by atoms with Gasteiger partial charge in [-0.05, 0) is 31.9 Å². The zero-order valence-corrected chi connectivity index (χ0v) is 8.15. The Balaban J connectivity index is 2.40. The summed E-state index contributed by atoms with van der Waals surface area (Å²) < 4.78 is 0. The molecule has 74 valence electrons. The Labute approximate surface area is 80.6 Å². The Morgan fingerprint density at radius 3 is 3.00 bits per heavy atom. The summed E-state index contributed by atoms with van der Waals surface area (Å²) in [6.45, 7) is 5.80. The van der Waals surface area contributed by atoms with Crippen LogP contribution in [0.4, 0.5) is 0 Å². The molecular weight excluding hydrogens is 162 g/mol. The van der Waals surface area contributed by atoms with Crippen molar-refractivity contribution in [2.75, 3.05) is 13.1 Å². The number of hydrogen-bond donors (Lipinski definition) is 1. The van der Waals surface area contributed by atoms with Crippen molar-refractivity contribution in [2.24, 2.45) is 0 Å². The highest BCUT2D eigenvalue weighted by Crippen LogP contribution is 2.19. The number of aliphatic hydroxyl groups excluding tert-OH is 1. The number of rotatable bonds is 4. The van der Waals surface area contributed by atoms with Crippen LogP contribution in [0, 0.1) is 0 Å². The average Bonchev–Trinajstić information content (AvgIpc) is 2.17. The maximum Gasteiger partial charge on any atom is 0.0764 e. The van der Waals surface area contributed by atoms with E-state index in [2.05, 4.69) is 11.5 Å². The zero-order chi connectivity index (χ0) is 9.52. The molecule has 2 heteroatoms. The third kappa shape index (κ3) is 3.23. The maximum absolute atomic E-state index is 8.59. The van der Waals surface area contributed by atoms with Crippen molar-refractivity contribution in [1.82, 2.24) is 4.90 Å². The van der Waals surface area contributed by atoms with Gasteiger partial charge in [-0.3, -0.25) is 4.90 Å².